The van der Waals surface area contributed by atoms with E-state index in [0.717, 1.165) is 0 Å². The average molecular weight is 337 g/mol. The normalized spacial score (nSPS) is 20.3. The highest BCUT2D eigenvalue weighted by Gasteiger charge is 2.43. The van der Waals surface area contributed by atoms with E-state index in [1.807, 2.05) is 5.32 Å². The van der Waals surface area contributed by atoms with Crippen LogP contribution < -0.4 is 10.6 Å². The van der Waals surface area contributed by atoms with Crippen LogP contribution in [0.2, 0.25) is 0 Å². The monoisotopic (exact) mass is 337 g/mol. The van der Waals surface area contributed by atoms with Crippen LogP contribution in [0.25, 0.3) is 0 Å². The van der Waals surface area contributed by atoms with E-state index in [-0.39, 0.29) is 18.4 Å². The number of urea groups is 1. The van der Waals surface area contributed by atoms with Crippen molar-refractivity contribution in [3.05, 3.63) is 0 Å². The molecule has 8 heteroatoms. The topological polar surface area (TPSA) is 61.4 Å². The van der Waals surface area contributed by atoms with E-state index in [1.165, 1.54) is 0 Å². The number of rotatable bonds is 4. The van der Waals surface area contributed by atoms with Crippen molar-refractivity contribution in [2.24, 2.45) is 5.41 Å². The molecule has 1 heterocycles. The van der Waals surface area contributed by atoms with Gasteiger partial charge in [0.15, 0.2) is 0 Å². The molecule has 0 saturated carbocycles. The number of nitrogens with one attached hydrogen (secondary N) is 2. The molecule has 0 unspecified atom stereocenters. The third-order valence-electron chi connectivity index (χ3n) is 3.70. The van der Waals surface area contributed by atoms with Crippen molar-refractivity contribution in [1.29, 1.82) is 0 Å². The summed E-state index contributed by atoms with van der Waals surface area (Å²) in [5.74, 6) is -0.0180. The Kier molecular flexibility index (Phi) is 6.30. The number of carbonyl (C=O) groups excluding carboxylic acids is 2. The summed E-state index contributed by atoms with van der Waals surface area (Å²) in [6.07, 6.45) is -3.77. The first kappa shape index (κ1) is 19.6. The van der Waals surface area contributed by atoms with Gasteiger partial charge >= 0.3 is 12.2 Å². The highest BCUT2D eigenvalue weighted by Crippen LogP contribution is 2.30. The number of nitrogens with zero attached hydrogens (tertiary/aromatic N) is 1. The molecule has 1 fully saturated rings. The van der Waals surface area contributed by atoms with Crippen molar-refractivity contribution >= 4 is 11.9 Å². The standard InChI is InChI=1S/C15H26F3N3O2/c1-5-12(22)21-7-6-10(9-21)19-13(23)20-11(15(16,17)18)8-14(2,3)4/h10-11H,5-9H2,1-4H3,(H2,19,20,23)/t10-,11+/m0/s1. The van der Waals surface area contributed by atoms with Crippen molar-refractivity contribution < 1.29 is 22.8 Å². The van der Waals surface area contributed by atoms with E-state index in [0.29, 0.717) is 25.9 Å². The zero-order chi connectivity index (χ0) is 17.8. The van der Waals surface area contributed by atoms with Gasteiger partial charge in [-0.25, -0.2) is 4.79 Å². The van der Waals surface area contributed by atoms with Crippen LogP contribution in [0.1, 0.15) is 47.0 Å². The highest BCUT2D eigenvalue weighted by molar-refractivity contribution is 5.77. The van der Waals surface area contributed by atoms with Crippen molar-refractivity contribution in [2.75, 3.05) is 13.1 Å². The van der Waals surface area contributed by atoms with Gasteiger partial charge in [-0.2, -0.15) is 13.2 Å². The lowest BCUT2D eigenvalue weighted by Gasteiger charge is -2.29. The Balaban J connectivity index is 2.55. The Morgan fingerprint density at radius 3 is 2.35 bits per heavy atom. The summed E-state index contributed by atoms with van der Waals surface area (Å²) in [6, 6.07) is -3.04. The molecule has 134 valence electrons. The molecular weight excluding hydrogens is 311 g/mol. The molecule has 3 amide bonds. The van der Waals surface area contributed by atoms with Crippen LogP contribution in [0.15, 0.2) is 0 Å². The predicted molar refractivity (Wildman–Crippen MR) is 80.9 cm³/mol. The first-order chi connectivity index (χ1) is 10.4. The molecule has 23 heavy (non-hydrogen) atoms. The molecule has 2 N–H and O–H groups in total. The van der Waals surface area contributed by atoms with Crippen molar-refractivity contribution in [1.82, 2.24) is 15.5 Å². The molecule has 1 aliphatic rings. The fraction of sp³-hybridized carbons (Fsp3) is 0.867. The number of halogens is 3. The maximum absolute atomic E-state index is 13.0. The van der Waals surface area contributed by atoms with Gasteiger partial charge in [0.1, 0.15) is 6.04 Å². The summed E-state index contributed by atoms with van der Waals surface area (Å²) in [5.41, 5.74) is -0.564. The summed E-state index contributed by atoms with van der Waals surface area (Å²) in [5, 5.41) is 4.55. The largest absolute Gasteiger partial charge is 0.408 e. The number of carbonyl (C=O) groups is 2. The van der Waals surface area contributed by atoms with Gasteiger partial charge in [-0.15, -0.1) is 0 Å². The Bertz CT molecular complexity index is 433. The highest BCUT2D eigenvalue weighted by atomic mass is 19.4. The minimum atomic E-state index is -4.50. The van der Waals surface area contributed by atoms with E-state index in [2.05, 4.69) is 5.32 Å². The number of hydrogen-bond donors (Lipinski definition) is 2. The van der Waals surface area contributed by atoms with E-state index >= 15 is 0 Å². The van der Waals surface area contributed by atoms with Gasteiger partial charge in [0.05, 0.1) is 0 Å². The quantitative estimate of drug-likeness (QED) is 0.828. The van der Waals surface area contributed by atoms with E-state index in [4.69, 9.17) is 0 Å². The summed E-state index contributed by atoms with van der Waals surface area (Å²) in [4.78, 5) is 25.0. The first-order valence-corrected chi connectivity index (χ1v) is 7.84. The zero-order valence-corrected chi connectivity index (χ0v) is 14.1. The first-order valence-electron chi connectivity index (χ1n) is 7.84. The Morgan fingerprint density at radius 2 is 1.87 bits per heavy atom. The van der Waals surface area contributed by atoms with Crippen molar-refractivity contribution in [3.8, 4) is 0 Å². The molecule has 0 aromatic carbocycles. The van der Waals surface area contributed by atoms with Gasteiger partial charge in [-0.1, -0.05) is 27.7 Å². The van der Waals surface area contributed by atoms with Gasteiger partial charge in [-0.05, 0) is 18.3 Å². The zero-order valence-electron chi connectivity index (χ0n) is 14.1. The second-order valence-corrected chi connectivity index (χ2v) is 7.16. The molecule has 1 saturated heterocycles. The molecule has 0 radical (unpaired) electrons. The van der Waals surface area contributed by atoms with E-state index in [1.54, 1.807) is 32.6 Å². The van der Waals surface area contributed by atoms with Gasteiger partial charge in [-0.3, -0.25) is 4.79 Å². The van der Waals surface area contributed by atoms with Crippen LogP contribution in [0.5, 0.6) is 0 Å². The second-order valence-electron chi connectivity index (χ2n) is 7.16. The van der Waals surface area contributed by atoms with Gasteiger partial charge in [0, 0.05) is 25.6 Å². The molecule has 0 spiro atoms. The molecule has 0 aromatic rings. The maximum atomic E-state index is 13.0. The van der Waals surface area contributed by atoms with Crippen LogP contribution in [0, 0.1) is 5.41 Å². The third-order valence-corrected chi connectivity index (χ3v) is 3.70. The van der Waals surface area contributed by atoms with Gasteiger partial charge < -0.3 is 15.5 Å². The van der Waals surface area contributed by atoms with Crippen LogP contribution >= 0.6 is 0 Å². The lowest BCUT2D eigenvalue weighted by Crippen LogP contribution is -2.53. The van der Waals surface area contributed by atoms with Crippen LogP contribution in [-0.4, -0.2) is 48.2 Å². The number of hydrogen-bond acceptors (Lipinski definition) is 2. The van der Waals surface area contributed by atoms with Crippen LogP contribution in [-0.2, 0) is 4.79 Å². The minimum absolute atomic E-state index is 0.0180. The molecule has 1 rings (SSSR count). The van der Waals surface area contributed by atoms with Gasteiger partial charge in [0.25, 0.3) is 0 Å². The average Bonchev–Trinajstić information content (AvgIpc) is 2.82. The predicted octanol–water partition coefficient (Wildman–Crippen LogP) is 2.66. The Morgan fingerprint density at radius 1 is 1.26 bits per heavy atom. The summed E-state index contributed by atoms with van der Waals surface area (Å²) in [6.45, 7) is 7.68. The van der Waals surface area contributed by atoms with E-state index in [9.17, 15) is 22.8 Å². The lowest BCUT2D eigenvalue weighted by molar-refractivity contribution is -0.159. The molecule has 0 bridgehead atoms. The molecule has 5 nitrogen and oxygen atoms in total. The van der Waals surface area contributed by atoms with Crippen LogP contribution in [0.4, 0.5) is 18.0 Å². The fourth-order valence-corrected chi connectivity index (χ4v) is 2.57. The lowest BCUT2D eigenvalue weighted by atomic mass is 9.88. The van der Waals surface area contributed by atoms with Crippen molar-refractivity contribution in [3.63, 3.8) is 0 Å². The minimum Gasteiger partial charge on any atom is -0.341 e. The maximum Gasteiger partial charge on any atom is 0.408 e. The Hall–Kier alpha value is -1.47. The van der Waals surface area contributed by atoms with Crippen molar-refractivity contribution in [2.45, 2.75) is 65.2 Å². The summed E-state index contributed by atoms with van der Waals surface area (Å²) in [7, 11) is 0. The molecule has 0 aromatic heterocycles. The number of likely N-dealkylation sites (tertiary alicyclic amines) is 1. The van der Waals surface area contributed by atoms with Gasteiger partial charge in [0.2, 0.25) is 5.91 Å². The third kappa shape index (κ3) is 6.66. The number of amides is 3. The molecule has 2 atom stereocenters. The smallest absolute Gasteiger partial charge is 0.341 e. The molecular formula is C15H26F3N3O2. The summed E-state index contributed by atoms with van der Waals surface area (Å²) >= 11 is 0. The number of alkyl halides is 3. The second kappa shape index (κ2) is 7.40. The molecule has 1 aliphatic heterocycles. The van der Waals surface area contributed by atoms with Crippen LogP contribution in [0.3, 0.4) is 0 Å². The Labute approximate surface area is 135 Å². The SMILES string of the molecule is CCC(=O)N1CC[C@H](NC(=O)N[C@H](CC(C)(C)C)C(F)(F)F)C1. The van der Waals surface area contributed by atoms with E-state index < -0.39 is 23.7 Å². The summed E-state index contributed by atoms with van der Waals surface area (Å²) < 4.78 is 39.1. The molecule has 0 aliphatic carbocycles. The fourth-order valence-electron chi connectivity index (χ4n) is 2.57.